The molecule has 2 atom stereocenters. The number of nitrogens with zero attached hydrogens (tertiary/aromatic N) is 5. The molecule has 0 fully saturated rings. The van der Waals surface area contributed by atoms with Crippen molar-refractivity contribution in [2.24, 2.45) is 5.10 Å². The van der Waals surface area contributed by atoms with Gasteiger partial charge in [0.25, 0.3) is 0 Å². The maximum Gasteiger partial charge on any atom is 0.366 e. The van der Waals surface area contributed by atoms with Crippen LogP contribution in [0.5, 0.6) is 5.75 Å². The first-order valence-corrected chi connectivity index (χ1v) is 20.1. The quantitative estimate of drug-likeness (QED) is 0.0253. The van der Waals surface area contributed by atoms with Crippen molar-refractivity contribution in [2.75, 3.05) is 76.4 Å². The van der Waals surface area contributed by atoms with Crippen molar-refractivity contribution in [1.29, 1.82) is 0 Å². The molecular weight excluding hydrogens is 743 g/mol. The summed E-state index contributed by atoms with van der Waals surface area (Å²) in [5.41, 5.74) is -0.0527. The van der Waals surface area contributed by atoms with E-state index in [-0.39, 0.29) is 80.8 Å². The highest BCUT2D eigenvalue weighted by molar-refractivity contribution is 7.66. The average molecular weight is 782 g/mol. The zero-order valence-corrected chi connectivity index (χ0v) is 30.2. The summed E-state index contributed by atoms with van der Waals surface area (Å²) in [6.45, 7) is 1.09. The molecule has 16 nitrogen and oxygen atoms in total. The van der Waals surface area contributed by atoms with Crippen LogP contribution in [0.4, 0.5) is 5.69 Å². The van der Waals surface area contributed by atoms with E-state index >= 15 is 0 Å². The van der Waals surface area contributed by atoms with Gasteiger partial charge in [-0.3, -0.25) is 23.8 Å². The van der Waals surface area contributed by atoms with Gasteiger partial charge in [0, 0.05) is 80.8 Å². The van der Waals surface area contributed by atoms with Crippen LogP contribution in [0.3, 0.4) is 0 Å². The van der Waals surface area contributed by atoms with Gasteiger partial charge in [-0.1, -0.05) is 0 Å². The number of halogens is 4. The van der Waals surface area contributed by atoms with E-state index in [0.717, 1.165) is 0 Å². The fourth-order valence-corrected chi connectivity index (χ4v) is 9.18. The standard InChI is InChI=1S/C22H39Cl4N6O10P3/c1-29(11-5-22(33,43(36)37)44(38,39)40)10-2-16-42-21-4-3-19(17-20(21)32(34)35)18-27-28-45(41,30(12-6-23)13-7-24)31(14-8-25)15-9-26/h3-4,17-18,33,43H,2,5-16H2,1H3,(H,28,41)(H,36,37)(H2,38,39,40)/b27-18+. The third-order valence-corrected chi connectivity index (χ3v) is 13.3. The van der Waals surface area contributed by atoms with Crippen LogP contribution in [-0.4, -0.2) is 127 Å². The Morgan fingerprint density at radius 2 is 1.58 bits per heavy atom. The lowest BCUT2D eigenvalue weighted by Crippen LogP contribution is -2.40. The van der Waals surface area contributed by atoms with Crippen molar-refractivity contribution in [1.82, 2.24) is 19.4 Å². The van der Waals surface area contributed by atoms with Gasteiger partial charge in [0.1, 0.15) is 0 Å². The lowest BCUT2D eigenvalue weighted by molar-refractivity contribution is -0.385. The Balaban J connectivity index is 2.96. The maximum absolute atomic E-state index is 14.1. The van der Waals surface area contributed by atoms with E-state index in [4.69, 9.17) is 51.1 Å². The highest BCUT2D eigenvalue weighted by Crippen LogP contribution is 2.61. The molecule has 1 rings (SSSR count). The van der Waals surface area contributed by atoms with Crippen LogP contribution in [0.2, 0.25) is 0 Å². The highest BCUT2D eigenvalue weighted by atomic mass is 35.5. The molecule has 0 aromatic heterocycles. The molecule has 23 heteroatoms. The number of nitro groups is 1. The van der Waals surface area contributed by atoms with Gasteiger partial charge in [0.05, 0.1) is 17.7 Å². The Bertz CT molecular complexity index is 1200. The Labute approximate surface area is 282 Å². The third-order valence-electron chi connectivity index (χ3n) is 6.33. The van der Waals surface area contributed by atoms with E-state index in [0.29, 0.717) is 12.0 Å². The van der Waals surface area contributed by atoms with Crippen LogP contribution in [0, 0.1) is 10.1 Å². The number of nitro benzene ring substituents is 1. The number of hydrazone groups is 1. The molecule has 0 saturated carbocycles. The summed E-state index contributed by atoms with van der Waals surface area (Å²) in [6.07, 6.45) is 0.939. The van der Waals surface area contributed by atoms with E-state index in [1.807, 2.05) is 0 Å². The number of ether oxygens (including phenoxy) is 1. The third kappa shape index (κ3) is 13.1. The minimum atomic E-state index is -5.26. The molecule has 0 radical (unpaired) electrons. The van der Waals surface area contributed by atoms with Crippen LogP contribution in [0.15, 0.2) is 23.3 Å². The highest BCUT2D eigenvalue weighted by Gasteiger charge is 2.50. The first-order valence-electron chi connectivity index (χ1n) is 13.4. The van der Waals surface area contributed by atoms with Gasteiger partial charge in [0.2, 0.25) is 13.1 Å². The minimum absolute atomic E-state index is 0.0245. The molecule has 5 N–H and O–H groups in total. The van der Waals surface area contributed by atoms with E-state index in [9.17, 15) is 43.6 Å². The van der Waals surface area contributed by atoms with E-state index < -0.39 is 39.6 Å². The lowest BCUT2D eigenvalue weighted by Gasteiger charge is -2.37. The summed E-state index contributed by atoms with van der Waals surface area (Å²) >= 11 is 23.7. The van der Waals surface area contributed by atoms with E-state index in [1.54, 1.807) is 21.3 Å². The van der Waals surface area contributed by atoms with Crippen LogP contribution in [0.1, 0.15) is 18.4 Å². The first kappa shape index (κ1) is 42.5. The smallest absolute Gasteiger partial charge is 0.366 e. The molecule has 0 saturated heterocycles. The summed E-state index contributed by atoms with van der Waals surface area (Å²) in [6, 6.07) is 4.11. The number of aliphatic hydroxyl groups is 1. The number of hydrogen-bond donors (Lipinski definition) is 5. The van der Waals surface area contributed by atoms with Gasteiger partial charge in [-0.05, 0) is 25.6 Å². The molecule has 0 aliphatic heterocycles. The number of rotatable bonds is 24. The van der Waals surface area contributed by atoms with Gasteiger partial charge in [-0.2, -0.15) is 5.10 Å². The Kier molecular flexibility index (Phi) is 19.6. The first-order chi connectivity index (χ1) is 21.1. The second-order valence-corrected chi connectivity index (χ2v) is 17.1. The molecule has 2 unspecified atom stereocenters. The molecular formula is C22H39Cl4N6O10P3. The van der Waals surface area contributed by atoms with Crippen molar-refractivity contribution in [3.8, 4) is 5.75 Å². The topological polar surface area (TPSA) is 219 Å². The normalized spacial score (nSPS) is 14.8. The second-order valence-electron chi connectivity index (χ2n) is 9.47. The number of nitrogens with one attached hydrogen (secondary N) is 1. The molecule has 0 bridgehead atoms. The van der Waals surface area contributed by atoms with Crippen LogP contribution < -0.4 is 9.93 Å². The molecule has 0 aliphatic rings. The van der Waals surface area contributed by atoms with Gasteiger partial charge in [-0.25, -0.2) is 14.5 Å². The van der Waals surface area contributed by atoms with Crippen molar-refractivity contribution in [2.45, 2.75) is 17.9 Å². The van der Waals surface area contributed by atoms with Gasteiger partial charge < -0.3 is 29.4 Å². The molecule has 0 amide bonds. The molecule has 1 aromatic rings. The number of benzene rings is 1. The van der Waals surface area contributed by atoms with Crippen molar-refractivity contribution < 1.29 is 43.1 Å². The van der Waals surface area contributed by atoms with Gasteiger partial charge in [-0.15, -0.1) is 46.4 Å². The van der Waals surface area contributed by atoms with Crippen LogP contribution >= 0.6 is 69.6 Å². The monoisotopic (exact) mass is 780 g/mol. The fourth-order valence-electron chi connectivity index (χ4n) is 3.87. The predicted octanol–water partition coefficient (Wildman–Crippen LogP) is 3.57. The van der Waals surface area contributed by atoms with Crippen LogP contribution in [-0.2, 0) is 13.7 Å². The van der Waals surface area contributed by atoms with Gasteiger partial charge in [0.15, 0.2) is 5.75 Å². The predicted molar refractivity (Wildman–Crippen MR) is 178 cm³/mol. The Morgan fingerprint density at radius 1 is 1.04 bits per heavy atom. The zero-order chi connectivity index (χ0) is 34.3. The number of alkyl halides is 4. The van der Waals surface area contributed by atoms with Gasteiger partial charge >= 0.3 is 20.9 Å². The SMILES string of the molecule is CN(CCCOc1ccc(/C=N/NP(=O)(N(CCCl)CCCl)N(CCCl)CCCl)cc1[N+](=O)[O-])CCC(O)([PH](=O)O)P(=O)(O)O. The summed E-state index contributed by atoms with van der Waals surface area (Å²) in [4.78, 5) is 40.4. The van der Waals surface area contributed by atoms with Crippen LogP contribution in [0.25, 0.3) is 0 Å². The summed E-state index contributed by atoms with van der Waals surface area (Å²) in [5, 5.41) is 25.5. The Hall–Kier alpha value is -0.540. The number of hydrogen-bond acceptors (Lipinski definition) is 9. The molecule has 260 valence electrons. The zero-order valence-electron chi connectivity index (χ0n) is 24.4. The second kappa shape index (κ2) is 20.7. The average Bonchev–Trinajstić information content (AvgIpc) is 2.97. The minimum Gasteiger partial charge on any atom is -0.487 e. The lowest BCUT2D eigenvalue weighted by atomic mass is 10.2. The van der Waals surface area contributed by atoms with Crippen molar-refractivity contribution >= 4 is 81.5 Å². The largest absolute Gasteiger partial charge is 0.487 e. The van der Waals surface area contributed by atoms with Crippen molar-refractivity contribution in [3.63, 3.8) is 0 Å². The fraction of sp³-hybridized carbons (Fsp3) is 0.682. The summed E-state index contributed by atoms with van der Waals surface area (Å²) in [7, 11) is -11.2. The molecule has 0 spiro atoms. The van der Waals surface area contributed by atoms with E-state index in [1.165, 1.54) is 24.4 Å². The summed E-state index contributed by atoms with van der Waals surface area (Å²) < 4.78 is 45.7. The van der Waals surface area contributed by atoms with E-state index in [2.05, 4.69) is 10.3 Å². The Morgan fingerprint density at radius 3 is 2.02 bits per heavy atom. The molecule has 45 heavy (non-hydrogen) atoms. The molecule has 1 aromatic carbocycles. The van der Waals surface area contributed by atoms with Crippen molar-refractivity contribution in [3.05, 3.63) is 33.9 Å². The maximum atomic E-state index is 14.1. The molecule has 0 aliphatic carbocycles. The summed E-state index contributed by atoms with van der Waals surface area (Å²) in [5.74, 6) is 0.631. The molecule has 0 heterocycles.